The van der Waals surface area contributed by atoms with Crippen LogP contribution < -0.4 is 10.6 Å². The highest BCUT2D eigenvalue weighted by atomic mass is 32.1. The summed E-state index contributed by atoms with van der Waals surface area (Å²) >= 11 is 4.16. The SMILES string of the molecule is SCCNc1cc(NC2CCCCC2)ncn1. The van der Waals surface area contributed by atoms with Gasteiger partial charge in [-0.15, -0.1) is 0 Å². The lowest BCUT2D eigenvalue weighted by molar-refractivity contribution is 0.462. The highest BCUT2D eigenvalue weighted by molar-refractivity contribution is 7.80. The molecule has 1 fully saturated rings. The third-order valence-corrected chi connectivity index (χ3v) is 3.27. The number of hydrogen-bond donors (Lipinski definition) is 3. The van der Waals surface area contributed by atoms with Gasteiger partial charge in [-0.05, 0) is 12.8 Å². The van der Waals surface area contributed by atoms with Crippen LogP contribution in [-0.2, 0) is 0 Å². The van der Waals surface area contributed by atoms with Gasteiger partial charge in [0.05, 0.1) is 0 Å². The summed E-state index contributed by atoms with van der Waals surface area (Å²) in [4.78, 5) is 8.43. The molecule has 5 heteroatoms. The molecule has 0 aromatic carbocycles. The Labute approximate surface area is 108 Å². The van der Waals surface area contributed by atoms with Crippen LogP contribution in [0.2, 0.25) is 0 Å². The van der Waals surface area contributed by atoms with E-state index in [-0.39, 0.29) is 0 Å². The van der Waals surface area contributed by atoms with Gasteiger partial charge in [-0.25, -0.2) is 9.97 Å². The van der Waals surface area contributed by atoms with Gasteiger partial charge in [-0.1, -0.05) is 19.3 Å². The Morgan fingerprint density at radius 2 is 1.94 bits per heavy atom. The van der Waals surface area contributed by atoms with Gasteiger partial charge in [0.15, 0.2) is 0 Å². The van der Waals surface area contributed by atoms with E-state index < -0.39 is 0 Å². The number of rotatable bonds is 5. The lowest BCUT2D eigenvalue weighted by Crippen LogP contribution is -2.22. The molecule has 0 bridgehead atoms. The molecule has 1 aromatic heterocycles. The molecule has 2 rings (SSSR count). The minimum Gasteiger partial charge on any atom is -0.369 e. The molecule has 0 saturated heterocycles. The summed E-state index contributed by atoms with van der Waals surface area (Å²) in [5, 5.41) is 6.69. The fraction of sp³-hybridized carbons (Fsp3) is 0.667. The van der Waals surface area contributed by atoms with Crippen molar-refractivity contribution in [3.05, 3.63) is 12.4 Å². The third kappa shape index (κ3) is 4.07. The van der Waals surface area contributed by atoms with Crippen LogP contribution in [0.25, 0.3) is 0 Å². The molecule has 17 heavy (non-hydrogen) atoms. The summed E-state index contributed by atoms with van der Waals surface area (Å²) in [5.41, 5.74) is 0. The van der Waals surface area contributed by atoms with Crippen molar-refractivity contribution in [2.24, 2.45) is 0 Å². The van der Waals surface area contributed by atoms with Crippen LogP contribution in [0.5, 0.6) is 0 Å². The Morgan fingerprint density at radius 1 is 1.18 bits per heavy atom. The van der Waals surface area contributed by atoms with E-state index in [0.29, 0.717) is 6.04 Å². The lowest BCUT2D eigenvalue weighted by Gasteiger charge is -2.23. The molecule has 1 aliphatic rings. The lowest BCUT2D eigenvalue weighted by atomic mass is 9.95. The molecule has 0 aliphatic heterocycles. The van der Waals surface area contributed by atoms with Gasteiger partial charge in [-0.2, -0.15) is 12.6 Å². The monoisotopic (exact) mass is 252 g/mol. The van der Waals surface area contributed by atoms with E-state index in [4.69, 9.17) is 0 Å². The van der Waals surface area contributed by atoms with Crippen molar-refractivity contribution in [3.63, 3.8) is 0 Å². The van der Waals surface area contributed by atoms with Crippen LogP contribution in [0.4, 0.5) is 11.6 Å². The average Bonchev–Trinajstić information content (AvgIpc) is 2.38. The Hall–Kier alpha value is -0.970. The molecule has 2 N–H and O–H groups in total. The zero-order valence-corrected chi connectivity index (χ0v) is 10.9. The number of nitrogens with zero attached hydrogens (tertiary/aromatic N) is 2. The Balaban J connectivity index is 1.90. The van der Waals surface area contributed by atoms with Crippen LogP contribution >= 0.6 is 12.6 Å². The summed E-state index contributed by atoms with van der Waals surface area (Å²) in [6.45, 7) is 0.822. The quantitative estimate of drug-likeness (QED) is 0.705. The summed E-state index contributed by atoms with van der Waals surface area (Å²) in [5.74, 6) is 2.59. The highest BCUT2D eigenvalue weighted by Crippen LogP contribution is 2.21. The molecule has 0 unspecified atom stereocenters. The van der Waals surface area contributed by atoms with Crippen molar-refractivity contribution in [1.29, 1.82) is 0 Å². The van der Waals surface area contributed by atoms with E-state index in [1.807, 2.05) is 6.07 Å². The number of hydrogen-bond acceptors (Lipinski definition) is 5. The molecule has 1 saturated carbocycles. The van der Waals surface area contributed by atoms with Gasteiger partial charge in [0.25, 0.3) is 0 Å². The molecule has 1 aliphatic carbocycles. The summed E-state index contributed by atoms with van der Waals surface area (Å²) in [6.07, 6.45) is 8.14. The second-order valence-corrected chi connectivity index (χ2v) is 4.87. The summed E-state index contributed by atoms with van der Waals surface area (Å²) in [6, 6.07) is 2.55. The zero-order chi connectivity index (χ0) is 11.9. The second kappa shape index (κ2) is 6.69. The smallest absolute Gasteiger partial charge is 0.131 e. The maximum Gasteiger partial charge on any atom is 0.131 e. The first-order valence-corrected chi connectivity index (χ1v) is 6.95. The van der Waals surface area contributed by atoms with Gasteiger partial charge in [0, 0.05) is 24.4 Å². The first-order chi connectivity index (χ1) is 8.38. The largest absolute Gasteiger partial charge is 0.369 e. The normalized spacial score (nSPS) is 16.8. The fourth-order valence-corrected chi connectivity index (χ4v) is 2.28. The minimum atomic E-state index is 0.580. The average molecular weight is 252 g/mol. The number of thiol groups is 1. The van der Waals surface area contributed by atoms with Crippen LogP contribution in [0, 0.1) is 0 Å². The van der Waals surface area contributed by atoms with E-state index in [1.165, 1.54) is 32.1 Å². The molecule has 0 amide bonds. The number of aromatic nitrogens is 2. The first-order valence-electron chi connectivity index (χ1n) is 6.32. The molecule has 0 atom stereocenters. The van der Waals surface area contributed by atoms with Crippen LogP contribution in [0.15, 0.2) is 12.4 Å². The summed E-state index contributed by atoms with van der Waals surface area (Å²) < 4.78 is 0. The van der Waals surface area contributed by atoms with Crippen molar-refractivity contribution in [2.75, 3.05) is 22.9 Å². The zero-order valence-electron chi connectivity index (χ0n) is 10.0. The molecular formula is C12H20N4S. The van der Waals surface area contributed by atoms with E-state index in [0.717, 1.165) is 23.9 Å². The van der Waals surface area contributed by atoms with Crippen LogP contribution in [-0.4, -0.2) is 28.3 Å². The topological polar surface area (TPSA) is 49.8 Å². The molecule has 1 heterocycles. The predicted molar refractivity (Wildman–Crippen MR) is 74.9 cm³/mol. The van der Waals surface area contributed by atoms with E-state index in [9.17, 15) is 0 Å². The standard InChI is InChI=1S/C12H20N4S/c17-7-6-13-11-8-12(15-9-14-11)16-10-4-2-1-3-5-10/h8-10,17H,1-7H2,(H2,13,14,15,16). The Morgan fingerprint density at radius 3 is 2.71 bits per heavy atom. The van der Waals surface area contributed by atoms with Crippen molar-refractivity contribution >= 4 is 24.3 Å². The van der Waals surface area contributed by atoms with Gasteiger partial charge in [0.2, 0.25) is 0 Å². The van der Waals surface area contributed by atoms with Crippen LogP contribution in [0.3, 0.4) is 0 Å². The molecule has 0 radical (unpaired) electrons. The Kier molecular flexibility index (Phi) is 4.91. The maximum atomic E-state index is 4.26. The van der Waals surface area contributed by atoms with Crippen molar-refractivity contribution in [1.82, 2.24) is 9.97 Å². The minimum absolute atomic E-state index is 0.580. The van der Waals surface area contributed by atoms with Gasteiger partial charge < -0.3 is 10.6 Å². The number of anilines is 2. The Bertz CT molecular complexity index is 339. The highest BCUT2D eigenvalue weighted by Gasteiger charge is 2.13. The van der Waals surface area contributed by atoms with E-state index in [1.54, 1.807) is 6.33 Å². The second-order valence-electron chi connectivity index (χ2n) is 4.42. The molecule has 1 aromatic rings. The molecule has 4 nitrogen and oxygen atoms in total. The van der Waals surface area contributed by atoms with Crippen molar-refractivity contribution in [2.45, 2.75) is 38.1 Å². The third-order valence-electron chi connectivity index (χ3n) is 3.04. The van der Waals surface area contributed by atoms with Gasteiger partial charge in [-0.3, -0.25) is 0 Å². The van der Waals surface area contributed by atoms with E-state index in [2.05, 4.69) is 33.2 Å². The van der Waals surface area contributed by atoms with Gasteiger partial charge >= 0.3 is 0 Å². The fourth-order valence-electron chi connectivity index (χ4n) is 2.17. The first kappa shape index (κ1) is 12.5. The predicted octanol–water partition coefficient (Wildman–Crippen LogP) is 2.56. The van der Waals surface area contributed by atoms with Crippen molar-refractivity contribution in [3.8, 4) is 0 Å². The maximum absolute atomic E-state index is 4.26. The molecule has 94 valence electrons. The van der Waals surface area contributed by atoms with Crippen molar-refractivity contribution < 1.29 is 0 Å². The summed E-state index contributed by atoms with van der Waals surface area (Å²) in [7, 11) is 0. The van der Waals surface area contributed by atoms with Gasteiger partial charge in [0.1, 0.15) is 18.0 Å². The van der Waals surface area contributed by atoms with Crippen LogP contribution in [0.1, 0.15) is 32.1 Å². The number of nitrogens with one attached hydrogen (secondary N) is 2. The molecular weight excluding hydrogens is 232 g/mol. The van der Waals surface area contributed by atoms with E-state index >= 15 is 0 Å². The molecule has 0 spiro atoms.